The van der Waals surface area contributed by atoms with Gasteiger partial charge in [-0.05, 0) is 38.8 Å². The highest BCUT2D eigenvalue weighted by molar-refractivity contribution is 5.26. The van der Waals surface area contributed by atoms with Crippen LogP contribution in [0.3, 0.4) is 0 Å². The topological polar surface area (TPSA) is 32.3 Å². The first-order valence-electron chi connectivity index (χ1n) is 7.57. The van der Waals surface area contributed by atoms with Crippen molar-refractivity contribution in [2.24, 2.45) is 0 Å². The minimum Gasteiger partial charge on any atom is -0.387 e. The van der Waals surface area contributed by atoms with Crippen LogP contribution in [0.2, 0.25) is 0 Å². The number of aliphatic hydroxyl groups excluding tert-OH is 1. The van der Waals surface area contributed by atoms with Crippen LogP contribution in [0.1, 0.15) is 25.3 Å². The standard InChI is InChI=1S/C12H19NO.C7H8/c1-3-5-7-10(4-2)12(14)11-8-6-9-13-11;1-7-5-3-2-4-6-7/h3-5,7,11-14H,1,6,8-9H2,2H3;2-6H,1H3/b7-5-,10-4+;/t11-,12?;/m1./s1. The molecule has 21 heavy (non-hydrogen) atoms. The maximum atomic E-state index is 10.0. The third-order valence-electron chi connectivity index (χ3n) is 3.52. The highest BCUT2D eigenvalue weighted by Gasteiger charge is 2.23. The summed E-state index contributed by atoms with van der Waals surface area (Å²) in [6.45, 7) is 8.66. The highest BCUT2D eigenvalue weighted by atomic mass is 16.3. The lowest BCUT2D eigenvalue weighted by Crippen LogP contribution is -2.35. The molecule has 0 aromatic heterocycles. The Morgan fingerprint density at radius 3 is 2.52 bits per heavy atom. The van der Waals surface area contributed by atoms with Crippen molar-refractivity contribution >= 4 is 0 Å². The lowest BCUT2D eigenvalue weighted by atomic mass is 10.0. The van der Waals surface area contributed by atoms with Gasteiger partial charge in [-0.15, -0.1) is 0 Å². The second-order valence-corrected chi connectivity index (χ2v) is 5.19. The molecule has 0 radical (unpaired) electrons. The minimum atomic E-state index is -0.390. The number of rotatable bonds is 4. The number of aliphatic hydroxyl groups is 1. The van der Waals surface area contributed by atoms with Gasteiger partial charge >= 0.3 is 0 Å². The number of aryl methyl sites for hydroxylation is 1. The van der Waals surface area contributed by atoms with Gasteiger partial charge in [-0.3, -0.25) is 0 Å². The summed E-state index contributed by atoms with van der Waals surface area (Å²) in [6.07, 6.45) is 9.26. The summed E-state index contributed by atoms with van der Waals surface area (Å²) in [5.74, 6) is 0. The summed E-state index contributed by atoms with van der Waals surface area (Å²) in [5.41, 5.74) is 2.28. The van der Waals surface area contributed by atoms with Crippen molar-refractivity contribution in [1.82, 2.24) is 5.32 Å². The molecule has 2 N–H and O–H groups in total. The second-order valence-electron chi connectivity index (χ2n) is 5.19. The van der Waals surface area contributed by atoms with E-state index in [0.29, 0.717) is 0 Å². The molecule has 2 atom stereocenters. The molecule has 1 unspecified atom stereocenters. The summed E-state index contributed by atoms with van der Waals surface area (Å²) in [6, 6.07) is 10.5. The number of benzene rings is 1. The molecule has 2 nitrogen and oxygen atoms in total. The van der Waals surface area contributed by atoms with Crippen molar-refractivity contribution in [2.75, 3.05) is 6.54 Å². The van der Waals surface area contributed by atoms with Crippen LogP contribution in [-0.2, 0) is 0 Å². The lowest BCUT2D eigenvalue weighted by molar-refractivity contribution is 0.173. The number of hydrogen-bond acceptors (Lipinski definition) is 2. The fourth-order valence-electron chi connectivity index (χ4n) is 2.29. The van der Waals surface area contributed by atoms with Crippen molar-refractivity contribution in [3.63, 3.8) is 0 Å². The normalized spacial score (nSPS) is 20.0. The van der Waals surface area contributed by atoms with Gasteiger partial charge in [-0.2, -0.15) is 0 Å². The van der Waals surface area contributed by atoms with Gasteiger partial charge in [-0.25, -0.2) is 0 Å². The zero-order valence-electron chi connectivity index (χ0n) is 13.1. The average Bonchev–Trinajstić information content (AvgIpc) is 3.03. The molecule has 1 fully saturated rings. The molecular formula is C19H27NO. The van der Waals surface area contributed by atoms with Crippen LogP contribution < -0.4 is 5.32 Å². The summed E-state index contributed by atoms with van der Waals surface area (Å²) < 4.78 is 0. The van der Waals surface area contributed by atoms with Gasteiger partial charge in [0.2, 0.25) is 0 Å². The maximum Gasteiger partial charge on any atom is 0.0939 e. The molecule has 0 amide bonds. The third-order valence-corrected chi connectivity index (χ3v) is 3.52. The van der Waals surface area contributed by atoms with E-state index in [1.54, 1.807) is 6.08 Å². The van der Waals surface area contributed by atoms with Crippen molar-refractivity contribution in [1.29, 1.82) is 0 Å². The molecule has 1 aliphatic rings. The average molecular weight is 285 g/mol. The minimum absolute atomic E-state index is 0.218. The zero-order valence-corrected chi connectivity index (χ0v) is 13.1. The molecule has 0 saturated carbocycles. The Balaban J connectivity index is 0.000000262. The first-order valence-corrected chi connectivity index (χ1v) is 7.57. The Kier molecular flexibility index (Phi) is 8.41. The highest BCUT2D eigenvalue weighted by Crippen LogP contribution is 2.16. The Morgan fingerprint density at radius 1 is 1.38 bits per heavy atom. The Labute approximate surface area is 128 Å². The molecule has 0 bridgehead atoms. The molecule has 2 rings (SSSR count). The van der Waals surface area contributed by atoms with Gasteiger partial charge in [0.05, 0.1) is 6.10 Å². The Bertz CT molecular complexity index is 456. The second kappa shape index (κ2) is 10.1. The van der Waals surface area contributed by atoms with E-state index < -0.39 is 6.10 Å². The molecule has 1 aromatic rings. The van der Waals surface area contributed by atoms with E-state index in [-0.39, 0.29) is 6.04 Å². The monoisotopic (exact) mass is 285 g/mol. The van der Waals surface area contributed by atoms with Crippen LogP contribution in [0, 0.1) is 6.92 Å². The van der Waals surface area contributed by atoms with E-state index in [2.05, 4.69) is 31.0 Å². The molecule has 114 valence electrons. The first kappa shape index (κ1) is 17.4. The fraction of sp³-hybridized carbons (Fsp3) is 0.368. The van der Waals surface area contributed by atoms with Gasteiger partial charge in [-0.1, -0.05) is 66.8 Å². The van der Waals surface area contributed by atoms with Gasteiger partial charge in [0.1, 0.15) is 0 Å². The van der Waals surface area contributed by atoms with Crippen molar-refractivity contribution in [2.45, 2.75) is 38.8 Å². The van der Waals surface area contributed by atoms with Crippen molar-refractivity contribution < 1.29 is 5.11 Å². The number of nitrogens with one attached hydrogen (secondary N) is 1. The van der Waals surface area contributed by atoms with E-state index >= 15 is 0 Å². The molecule has 2 heteroatoms. The number of hydrogen-bond donors (Lipinski definition) is 2. The molecule has 1 saturated heterocycles. The van der Waals surface area contributed by atoms with Crippen LogP contribution >= 0.6 is 0 Å². The molecule has 1 aromatic carbocycles. The van der Waals surface area contributed by atoms with Crippen LogP contribution in [0.5, 0.6) is 0 Å². The van der Waals surface area contributed by atoms with Gasteiger partial charge < -0.3 is 10.4 Å². The van der Waals surface area contributed by atoms with Crippen molar-refractivity contribution in [3.05, 3.63) is 72.4 Å². The smallest absolute Gasteiger partial charge is 0.0939 e. The summed E-state index contributed by atoms with van der Waals surface area (Å²) in [4.78, 5) is 0. The van der Waals surface area contributed by atoms with Gasteiger partial charge in [0.15, 0.2) is 0 Å². The van der Waals surface area contributed by atoms with Crippen LogP contribution in [0.4, 0.5) is 0 Å². The predicted octanol–water partition coefficient (Wildman–Crippen LogP) is 3.78. The van der Waals surface area contributed by atoms with Crippen molar-refractivity contribution in [3.8, 4) is 0 Å². The fourth-order valence-corrected chi connectivity index (χ4v) is 2.29. The zero-order chi connectivity index (χ0) is 15.5. The SMILES string of the molecule is C=C/C=C\C(=C/C)C(O)[C@H]1CCCN1.Cc1ccccc1. The van der Waals surface area contributed by atoms with E-state index in [4.69, 9.17) is 0 Å². The van der Waals surface area contributed by atoms with Crippen LogP contribution in [0.25, 0.3) is 0 Å². The molecule has 0 aliphatic carbocycles. The Morgan fingerprint density at radius 2 is 2.10 bits per heavy atom. The first-order chi connectivity index (χ1) is 10.2. The largest absolute Gasteiger partial charge is 0.387 e. The van der Waals surface area contributed by atoms with E-state index in [0.717, 1.165) is 25.0 Å². The molecular weight excluding hydrogens is 258 g/mol. The summed E-state index contributed by atoms with van der Waals surface area (Å²) in [5, 5.41) is 13.3. The maximum absolute atomic E-state index is 10.0. The van der Waals surface area contributed by atoms with Crippen LogP contribution in [-0.4, -0.2) is 23.8 Å². The van der Waals surface area contributed by atoms with E-state index in [9.17, 15) is 5.11 Å². The quantitative estimate of drug-likeness (QED) is 0.825. The molecule has 1 heterocycles. The summed E-state index contributed by atoms with van der Waals surface area (Å²) >= 11 is 0. The summed E-state index contributed by atoms with van der Waals surface area (Å²) in [7, 11) is 0. The van der Waals surface area contributed by atoms with E-state index in [1.165, 1.54) is 5.56 Å². The third kappa shape index (κ3) is 6.56. The Hall–Kier alpha value is -1.64. The van der Waals surface area contributed by atoms with Gasteiger partial charge in [0, 0.05) is 6.04 Å². The predicted molar refractivity (Wildman–Crippen MR) is 91.3 cm³/mol. The molecule has 0 spiro atoms. The molecule has 1 aliphatic heterocycles. The number of allylic oxidation sites excluding steroid dienone is 3. The van der Waals surface area contributed by atoms with E-state index in [1.807, 2.05) is 43.4 Å². The lowest BCUT2D eigenvalue weighted by Gasteiger charge is -2.19. The van der Waals surface area contributed by atoms with Crippen LogP contribution in [0.15, 0.2) is 66.8 Å². The van der Waals surface area contributed by atoms with Gasteiger partial charge in [0.25, 0.3) is 0 Å².